The van der Waals surface area contributed by atoms with Crippen LogP contribution in [0.4, 0.5) is 0 Å². The van der Waals surface area contributed by atoms with E-state index in [0.717, 1.165) is 32.5 Å². The van der Waals surface area contributed by atoms with Gasteiger partial charge in [-0.15, -0.1) is 0 Å². The number of hydrogen-bond donors (Lipinski definition) is 2. The number of nitrogens with one attached hydrogen (secondary N) is 2. The minimum Gasteiger partial charge on any atom is -0.361 e. The molecular formula is C28H33N7. The Bertz CT molecular complexity index is 1490. The number of likely N-dealkylation sites (N-methyl/N-ethyl adjacent to an activating group) is 2. The second-order valence-electron chi connectivity index (χ2n) is 10.3. The van der Waals surface area contributed by atoms with Crippen molar-refractivity contribution in [3.8, 4) is 0 Å². The first kappa shape index (κ1) is 22.1. The fourth-order valence-corrected chi connectivity index (χ4v) is 5.43. The second-order valence-corrected chi connectivity index (χ2v) is 10.3. The third-order valence-corrected chi connectivity index (χ3v) is 7.26. The number of H-pyrrole nitrogens is 2. The minimum atomic E-state index is 0.352. The molecule has 1 unspecified atom stereocenters. The highest BCUT2D eigenvalue weighted by Crippen LogP contribution is 2.54. The third-order valence-electron chi connectivity index (χ3n) is 7.26. The summed E-state index contributed by atoms with van der Waals surface area (Å²) in [5, 5.41) is 7.05. The van der Waals surface area contributed by atoms with Crippen molar-refractivity contribution in [2.45, 2.75) is 25.3 Å². The Balaban J connectivity index is 1.41. The van der Waals surface area contributed by atoms with E-state index in [2.05, 4.69) is 94.6 Å². The molecule has 0 spiro atoms. The predicted octanol–water partition coefficient (Wildman–Crippen LogP) is 3.99. The summed E-state index contributed by atoms with van der Waals surface area (Å²) < 4.78 is 1.88. The van der Waals surface area contributed by atoms with Crippen LogP contribution in [0.15, 0.2) is 49.2 Å². The van der Waals surface area contributed by atoms with Gasteiger partial charge in [-0.1, -0.05) is 12.1 Å². The van der Waals surface area contributed by atoms with E-state index < -0.39 is 0 Å². The lowest BCUT2D eigenvalue weighted by Gasteiger charge is -2.11. The van der Waals surface area contributed by atoms with Crippen LogP contribution in [0.3, 0.4) is 0 Å². The molecule has 180 valence electrons. The molecule has 0 saturated carbocycles. The van der Waals surface area contributed by atoms with Crippen molar-refractivity contribution in [1.29, 1.82) is 0 Å². The summed E-state index contributed by atoms with van der Waals surface area (Å²) in [5.41, 5.74) is 10.9. The van der Waals surface area contributed by atoms with E-state index in [9.17, 15) is 0 Å². The molecule has 0 aliphatic heterocycles. The average Bonchev–Trinajstić information content (AvgIpc) is 3.19. The summed E-state index contributed by atoms with van der Waals surface area (Å²) in [4.78, 5) is 16.0. The molecule has 0 fully saturated rings. The summed E-state index contributed by atoms with van der Waals surface area (Å²) in [6, 6.07) is 11.3. The highest BCUT2D eigenvalue weighted by Gasteiger charge is 2.40. The molecule has 7 nitrogen and oxygen atoms in total. The molecule has 1 aliphatic carbocycles. The molecule has 1 atom stereocenters. The van der Waals surface area contributed by atoms with E-state index >= 15 is 0 Å². The van der Waals surface area contributed by atoms with Crippen LogP contribution in [-0.2, 0) is 19.4 Å². The molecular weight excluding hydrogens is 434 g/mol. The van der Waals surface area contributed by atoms with E-state index in [1.807, 2.05) is 4.68 Å². The molecule has 1 aliphatic rings. The van der Waals surface area contributed by atoms with Gasteiger partial charge in [0, 0.05) is 46.8 Å². The van der Waals surface area contributed by atoms with Crippen molar-refractivity contribution in [3.05, 3.63) is 82.7 Å². The minimum absolute atomic E-state index is 0.352. The molecule has 3 aromatic heterocycles. The molecule has 6 rings (SSSR count). The van der Waals surface area contributed by atoms with Gasteiger partial charge in [0.2, 0.25) is 0 Å². The Kier molecular flexibility index (Phi) is 5.46. The Morgan fingerprint density at radius 2 is 1.77 bits per heavy atom. The first-order chi connectivity index (χ1) is 17.0. The Morgan fingerprint density at radius 3 is 2.54 bits per heavy atom. The number of hydrogen-bond acceptors (Lipinski definition) is 4. The van der Waals surface area contributed by atoms with Crippen molar-refractivity contribution in [1.82, 2.24) is 34.5 Å². The van der Waals surface area contributed by atoms with Gasteiger partial charge in [0.05, 0.1) is 12.5 Å². The maximum atomic E-state index is 4.29. The number of benzene rings is 2. The van der Waals surface area contributed by atoms with E-state index in [0.29, 0.717) is 5.92 Å². The van der Waals surface area contributed by atoms with Crippen molar-refractivity contribution < 1.29 is 0 Å². The largest absolute Gasteiger partial charge is 0.361 e. The zero-order valence-corrected chi connectivity index (χ0v) is 21.0. The molecule has 5 aromatic rings. The number of aromatic amines is 2. The maximum Gasteiger partial charge on any atom is 0.137 e. The summed E-state index contributed by atoms with van der Waals surface area (Å²) >= 11 is 0. The van der Waals surface area contributed by atoms with Gasteiger partial charge in [-0.3, -0.25) is 0 Å². The average molecular weight is 468 g/mol. The third kappa shape index (κ3) is 4.05. The summed E-state index contributed by atoms with van der Waals surface area (Å²) in [6.45, 7) is 2.80. The SMILES string of the molecule is CN(C)CCc1c(C2c3ccc4[nH]cc(CCN(C)C)c4c32)[nH]c2ccc(Cn3cncn3)cc12. The van der Waals surface area contributed by atoms with Crippen LogP contribution >= 0.6 is 0 Å². The van der Waals surface area contributed by atoms with Gasteiger partial charge in [-0.05, 0) is 87.0 Å². The Hall–Kier alpha value is -3.42. The van der Waals surface area contributed by atoms with Crippen molar-refractivity contribution in [2.24, 2.45) is 0 Å². The first-order valence-electron chi connectivity index (χ1n) is 12.4. The van der Waals surface area contributed by atoms with Gasteiger partial charge in [0.25, 0.3) is 0 Å². The monoisotopic (exact) mass is 467 g/mol. The lowest BCUT2D eigenvalue weighted by molar-refractivity contribution is 0.413. The van der Waals surface area contributed by atoms with Crippen LogP contribution in [0.1, 0.15) is 39.4 Å². The van der Waals surface area contributed by atoms with Crippen LogP contribution in [0.5, 0.6) is 0 Å². The van der Waals surface area contributed by atoms with Crippen LogP contribution < -0.4 is 0 Å². The number of aromatic nitrogens is 5. The molecule has 0 saturated heterocycles. The molecule has 0 radical (unpaired) electrons. The smallest absolute Gasteiger partial charge is 0.137 e. The molecule has 7 heteroatoms. The van der Waals surface area contributed by atoms with Gasteiger partial charge in [-0.2, -0.15) is 5.10 Å². The number of fused-ring (bicyclic) bond motifs is 4. The molecule has 35 heavy (non-hydrogen) atoms. The van der Waals surface area contributed by atoms with Crippen LogP contribution in [0, 0.1) is 0 Å². The molecule has 2 N–H and O–H groups in total. The van der Waals surface area contributed by atoms with Gasteiger partial charge < -0.3 is 19.8 Å². The Morgan fingerprint density at radius 1 is 0.971 bits per heavy atom. The van der Waals surface area contributed by atoms with Crippen LogP contribution in [0.2, 0.25) is 0 Å². The van der Waals surface area contributed by atoms with Gasteiger partial charge >= 0.3 is 0 Å². The predicted molar refractivity (Wildman–Crippen MR) is 141 cm³/mol. The maximum absolute atomic E-state index is 4.29. The summed E-state index contributed by atoms with van der Waals surface area (Å²) in [7, 11) is 8.58. The van der Waals surface area contributed by atoms with E-state index in [-0.39, 0.29) is 0 Å². The zero-order chi connectivity index (χ0) is 24.1. The van der Waals surface area contributed by atoms with Crippen LogP contribution in [0.25, 0.3) is 21.8 Å². The summed E-state index contributed by atoms with van der Waals surface area (Å²) in [5.74, 6) is 0.352. The fraction of sp³-hybridized carbons (Fsp3) is 0.357. The molecule has 0 bridgehead atoms. The second kappa shape index (κ2) is 8.66. The first-order valence-corrected chi connectivity index (χ1v) is 12.4. The number of rotatable bonds is 9. The normalized spacial score (nSPS) is 15.1. The molecule has 2 aromatic carbocycles. The molecule has 0 amide bonds. The lowest BCUT2D eigenvalue weighted by atomic mass is 10.0. The topological polar surface area (TPSA) is 68.8 Å². The van der Waals surface area contributed by atoms with E-state index in [4.69, 9.17) is 0 Å². The van der Waals surface area contributed by atoms with E-state index in [1.54, 1.807) is 12.7 Å². The zero-order valence-electron chi connectivity index (χ0n) is 21.0. The lowest BCUT2D eigenvalue weighted by Crippen LogP contribution is -2.15. The highest BCUT2D eigenvalue weighted by atomic mass is 15.3. The Labute approximate surface area is 205 Å². The fourth-order valence-electron chi connectivity index (χ4n) is 5.43. The highest BCUT2D eigenvalue weighted by molar-refractivity contribution is 5.96. The summed E-state index contributed by atoms with van der Waals surface area (Å²) in [6.07, 6.45) is 7.65. The standard InChI is InChI=1S/C28H33N7/c1-33(2)11-9-19-14-30-24-8-6-21-26(25(19)24)27(21)28-20(10-12-34(3)4)22-13-18(5-7-23(22)32-28)15-35-17-29-16-31-35/h5-8,13-14,16-17,27,30,32H,9-12,15H2,1-4H3. The van der Waals surface area contributed by atoms with Crippen LogP contribution in [-0.4, -0.2) is 75.8 Å². The quantitative estimate of drug-likeness (QED) is 0.337. The van der Waals surface area contributed by atoms with Crippen molar-refractivity contribution in [3.63, 3.8) is 0 Å². The van der Waals surface area contributed by atoms with Gasteiger partial charge in [0.15, 0.2) is 0 Å². The molecule has 3 heterocycles. The number of nitrogens with zero attached hydrogens (tertiary/aromatic N) is 5. The van der Waals surface area contributed by atoms with E-state index in [1.165, 1.54) is 55.3 Å². The van der Waals surface area contributed by atoms with Crippen molar-refractivity contribution in [2.75, 3.05) is 41.3 Å². The van der Waals surface area contributed by atoms with Gasteiger partial charge in [-0.25, -0.2) is 9.67 Å². The van der Waals surface area contributed by atoms with Gasteiger partial charge in [0.1, 0.15) is 12.7 Å². The van der Waals surface area contributed by atoms with Crippen molar-refractivity contribution >= 4 is 21.8 Å².